The van der Waals surface area contributed by atoms with Gasteiger partial charge < -0.3 is 14.6 Å². The molecule has 0 aliphatic rings. The van der Waals surface area contributed by atoms with Gasteiger partial charge >= 0.3 is 5.97 Å². The van der Waals surface area contributed by atoms with Crippen LogP contribution in [-0.4, -0.2) is 24.3 Å². The Kier molecular flexibility index (Phi) is 6.41. The Labute approximate surface area is 125 Å². The maximum atomic E-state index is 10.5. The highest BCUT2D eigenvalue weighted by atomic mass is 127. The predicted molar refractivity (Wildman–Crippen MR) is 82.7 cm³/mol. The number of ether oxygens (including phenoxy) is 2. The summed E-state index contributed by atoms with van der Waals surface area (Å²) >= 11 is 2.13. The second kappa shape index (κ2) is 7.83. The summed E-state index contributed by atoms with van der Waals surface area (Å²) in [6.45, 7) is 6.38. The first-order valence-corrected chi connectivity index (χ1v) is 6.77. The Bertz CT molecular complexity index is 494. The molecule has 0 aliphatic carbocycles. The van der Waals surface area contributed by atoms with Gasteiger partial charge in [0.1, 0.15) is 6.61 Å². The molecule has 0 saturated heterocycles. The molecule has 1 N–H and O–H groups in total. The van der Waals surface area contributed by atoms with Crippen LogP contribution in [0.4, 0.5) is 0 Å². The molecule has 0 fully saturated rings. The zero-order valence-electron chi connectivity index (χ0n) is 10.6. The maximum absolute atomic E-state index is 10.5. The molecular formula is C14H15IO4. The van der Waals surface area contributed by atoms with Crippen molar-refractivity contribution >= 4 is 34.6 Å². The van der Waals surface area contributed by atoms with Gasteiger partial charge in [-0.15, -0.1) is 0 Å². The molecule has 0 radical (unpaired) electrons. The van der Waals surface area contributed by atoms with Gasteiger partial charge in [-0.1, -0.05) is 12.7 Å². The summed E-state index contributed by atoms with van der Waals surface area (Å²) in [5, 5.41) is 8.63. The molecule has 1 rings (SSSR count). The lowest BCUT2D eigenvalue weighted by Gasteiger charge is -2.13. The van der Waals surface area contributed by atoms with Gasteiger partial charge in [-0.2, -0.15) is 0 Å². The molecule has 0 aliphatic heterocycles. The third-order valence-corrected chi connectivity index (χ3v) is 2.90. The number of hydrogen-bond donors (Lipinski definition) is 1. The number of benzene rings is 1. The van der Waals surface area contributed by atoms with Crippen molar-refractivity contribution in [2.24, 2.45) is 0 Å². The summed E-state index contributed by atoms with van der Waals surface area (Å²) in [5.41, 5.74) is 0.751. The van der Waals surface area contributed by atoms with Crippen LogP contribution >= 0.6 is 22.6 Å². The van der Waals surface area contributed by atoms with Gasteiger partial charge in [0, 0.05) is 6.08 Å². The third kappa shape index (κ3) is 4.94. The first-order chi connectivity index (χ1) is 9.08. The minimum Gasteiger partial charge on any atom is -0.490 e. The van der Waals surface area contributed by atoms with Crippen molar-refractivity contribution in [2.45, 2.75) is 6.92 Å². The number of carbonyl (C=O) groups is 1. The predicted octanol–water partition coefficient (Wildman–Crippen LogP) is 3.35. The highest BCUT2D eigenvalue weighted by molar-refractivity contribution is 14.1. The van der Waals surface area contributed by atoms with Crippen LogP contribution in [0.15, 0.2) is 30.9 Å². The van der Waals surface area contributed by atoms with Crippen molar-refractivity contribution in [3.63, 3.8) is 0 Å². The minimum absolute atomic E-state index is 0.389. The van der Waals surface area contributed by atoms with Crippen LogP contribution in [0, 0.1) is 3.57 Å². The molecule has 0 atom stereocenters. The second-order valence-electron chi connectivity index (χ2n) is 3.53. The van der Waals surface area contributed by atoms with E-state index in [0.717, 1.165) is 15.2 Å². The topological polar surface area (TPSA) is 55.8 Å². The van der Waals surface area contributed by atoms with Crippen LogP contribution in [0.1, 0.15) is 12.5 Å². The van der Waals surface area contributed by atoms with E-state index in [-0.39, 0.29) is 0 Å². The van der Waals surface area contributed by atoms with Gasteiger partial charge in [-0.25, -0.2) is 4.79 Å². The van der Waals surface area contributed by atoms with Crippen molar-refractivity contribution in [1.29, 1.82) is 0 Å². The molecule has 5 heteroatoms. The maximum Gasteiger partial charge on any atom is 0.328 e. The van der Waals surface area contributed by atoms with Crippen molar-refractivity contribution in [3.8, 4) is 11.5 Å². The van der Waals surface area contributed by atoms with Crippen LogP contribution in [-0.2, 0) is 4.79 Å². The number of carboxylic acids is 1. The van der Waals surface area contributed by atoms with E-state index >= 15 is 0 Å². The third-order valence-electron chi connectivity index (χ3n) is 2.10. The molecule has 19 heavy (non-hydrogen) atoms. The van der Waals surface area contributed by atoms with Gasteiger partial charge in [0.2, 0.25) is 0 Å². The first kappa shape index (κ1) is 15.6. The first-order valence-electron chi connectivity index (χ1n) is 5.69. The van der Waals surface area contributed by atoms with Crippen molar-refractivity contribution < 1.29 is 19.4 Å². The molecule has 4 nitrogen and oxygen atoms in total. The number of halogens is 1. The monoisotopic (exact) mass is 374 g/mol. The van der Waals surface area contributed by atoms with Gasteiger partial charge in [0.05, 0.1) is 10.2 Å². The molecule has 0 unspecified atom stereocenters. The van der Waals surface area contributed by atoms with E-state index in [1.165, 1.54) is 6.08 Å². The van der Waals surface area contributed by atoms with Crippen molar-refractivity contribution in [1.82, 2.24) is 0 Å². The van der Waals surface area contributed by atoms with Gasteiger partial charge in [-0.3, -0.25) is 0 Å². The zero-order chi connectivity index (χ0) is 14.3. The average Bonchev–Trinajstić information content (AvgIpc) is 2.36. The standard InChI is InChI=1S/C14H15IO4/c1-3-7-19-14-11(15)8-10(5-6-13(16)17)9-12(14)18-4-2/h3,5-6,8-9H,1,4,7H2,2H3,(H,16,17)/b6-5+. The molecule has 0 spiro atoms. The summed E-state index contributed by atoms with van der Waals surface area (Å²) in [4.78, 5) is 10.5. The Hall–Kier alpha value is -1.50. The molecular weight excluding hydrogens is 359 g/mol. The number of hydrogen-bond acceptors (Lipinski definition) is 3. The Morgan fingerprint density at radius 3 is 2.79 bits per heavy atom. The van der Waals surface area contributed by atoms with Crippen LogP contribution in [0.2, 0.25) is 0 Å². The highest BCUT2D eigenvalue weighted by Gasteiger charge is 2.11. The number of rotatable bonds is 7. The molecule has 1 aromatic carbocycles. The van der Waals surface area contributed by atoms with E-state index in [9.17, 15) is 4.79 Å². The molecule has 0 heterocycles. The van der Waals surface area contributed by atoms with E-state index in [2.05, 4.69) is 29.2 Å². The lowest BCUT2D eigenvalue weighted by molar-refractivity contribution is -0.131. The normalized spacial score (nSPS) is 10.4. The number of aliphatic carboxylic acids is 1. The molecule has 0 saturated carbocycles. The molecule has 0 aromatic heterocycles. The lowest BCUT2D eigenvalue weighted by atomic mass is 10.2. The average molecular weight is 374 g/mol. The van der Waals surface area contributed by atoms with Crippen LogP contribution < -0.4 is 9.47 Å². The summed E-state index contributed by atoms with van der Waals surface area (Å²) in [7, 11) is 0. The molecule has 102 valence electrons. The summed E-state index contributed by atoms with van der Waals surface area (Å²) in [6.07, 6.45) is 4.26. The summed E-state index contributed by atoms with van der Waals surface area (Å²) < 4.78 is 11.9. The van der Waals surface area contributed by atoms with Gasteiger partial charge in [0.15, 0.2) is 11.5 Å². The zero-order valence-corrected chi connectivity index (χ0v) is 12.7. The smallest absolute Gasteiger partial charge is 0.328 e. The van der Waals surface area contributed by atoms with Crippen LogP contribution in [0.5, 0.6) is 11.5 Å². The fourth-order valence-electron chi connectivity index (χ4n) is 1.40. The fourth-order valence-corrected chi connectivity index (χ4v) is 2.18. The summed E-state index contributed by atoms with van der Waals surface area (Å²) in [6, 6.07) is 3.59. The van der Waals surface area contributed by atoms with Crippen LogP contribution in [0.3, 0.4) is 0 Å². The largest absolute Gasteiger partial charge is 0.490 e. The quantitative estimate of drug-likeness (QED) is 0.452. The number of carboxylic acid groups (broad SMARTS) is 1. The molecule has 0 amide bonds. The Morgan fingerprint density at radius 2 is 2.21 bits per heavy atom. The van der Waals surface area contributed by atoms with E-state index in [1.807, 2.05) is 13.0 Å². The SMILES string of the molecule is C=CCOc1c(I)cc(/C=C/C(=O)O)cc1OCC. The second-order valence-corrected chi connectivity index (χ2v) is 4.70. The van der Waals surface area contributed by atoms with E-state index in [4.69, 9.17) is 14.6 Å². The van der Waals surface area contributed by atoms with Crippen LogP contribution in [0.25, 0.3) is 6.08 Å². The van der Waals surface area contributed by atoms with Gasteiger partial charge in [-0.05, 0) is 53.3 Å². The lowest BCUT2D eigenvalue weighted by Crippen LogP contribution is -2.01. The van der Waals surface area contributed by atoms with Gasteiger partial charge in [0.25, 0.3) is 0 Å². The van der Waals surface area contributed by atoms with E-state index in [1.54, 1.807) is 12.1 Å². The molecule has 0 bridgehead atoms. The Morgan fingerprint density at radius 1 is 1.47 bits per heavy atom. The van der Waals surface area contributed by atoms with Crippen molar-refractivity contribution in [2.75, 3.05) is 13.2 Å². The Balaban J connectivity index is 3.12. The highest BCUT2D eigenvalue weighted by Crippen LogP contribution is 2.34. The summed E-state index contributed by atoms with van der Waals surface area (Å²) in [5.74, 6) is 0.260. The van der Waals surface area contributed by atoms with E-state index < -0.39 is 5.97 Å². The molecule has 1 aromatic rings. The fraction of sp³-hybridized carbons (Fsp3) is 0.214. The van der Waals surface area contributed by atoms with E-state index in [0.29, 0.717) is 24.7 Å². The van der Waals surface area contributed by atoms with Crippen molar-refractivity contribution in [3.05, 3.63) is 40.0 Å². The minimum atomic E-state index is -0.986.